The van der Waals surface area contributed by atoms with Crippen LogP contribution in [0.3, 0.4) is 0 Å². The molecule has 7 heteroatoms. The van der Waals surface area contributed by atoms with Crippen molar-refractivity contribution in [1.82, 2.24) is 20.2 Å². The van der Waals surface area contributed by atoms with E-state index in [4.69, 9.17) is 11.6 Å². The molecule has 0 unspecified atom stereocenters. The fourth-order valence-corrected chi connectivity index (χ4v) is 3.01. The van der Waals surface area contributed by atoms with Gasteiger partial charge in [-0.05, 0) is 50.3 Å². The molecule has 0 saturated carbocycles. The molecule has 1 aromatic heterocycles. The van der Waals surface area contributed by atoms with Gasteiger partial charge in [0.1, 0.15) is 0 Å². The maximum absolute atomic E-state index is 12.4. The number of ketones is 1. The highest BCUT2D eigenvalue weighted by Gasteiger charge is 2.24. The molecule has 0 spiro atoms. The number of carbonyl (C=O) groups excluding carboxylic acids is 1. The lowest BCUT2D eigenvalue weighted by Gasteiger charge is -2.20. The summed E-state index contributed by atoms with van der Waals surface area (Å²) >= 11 is 7.27. The van der Waals surface area contributed by atoms with Crippen LogP contribution in [-0.2, 0) is 5.54 Å². The van der Waals surface area contributed by atoms with Gasteiger partial charge in [-0.15, -0.1) is 5.10 Å². The van der Waals surface area contributed by atoms with Gasteiger partial charge < -0.3 is 0 Å². The summed E-state index contributed by atoms with van der Waals surface area (Å²) in [6.45, 7) is 7.88. The van der Waals surface area contributed by atoms with Crippen molar-refractivity contribution in [3.05, 3.63) is 34.9 Å². The van der Waals surface area contributed by atoms with Gasteiger partial charge in [0.15, 0.2) is 5.78 Å². The summed E-state index contributed by atoms with van der Waals surface area (Å²) in [5, 5.41) is 12.6. The average molecular weight is 325 g/mol. The zero-order valence-electron chi connectivity index (χ0n) is 12.4. The lowest BCUT2D eigenvalue weighted by molar-refractivity contribution is 0.0993. The first-order valence-electron chi connectivity index (χ1n) is 6.54. The van der Waals surface area contributed by atoms with Gasteiger partial charge in [0.25, 0.3) is 0 Å². The summed E-state index contributed by atoms with van der Waals surface area (Å²) in [7, 11) is 0. The van der Waals surface area contributed by atoms with E-state index in [1.54, 1.807) is 28.9 Å². The molecule has 0 radical (unpaired) electrons. The Hall–Kier alpha value is -1.40. The quantitative estimate of drug-likeness (QED) is 0.637. The largest absolute Gasteiger partial charge is 0.293 e. The van der Waals surface area contributed by atoms with Crippen LogP contribution < -0.4 is 0 Å². The van der Waals surface area contributed by atoms with Gasteiger partial charge in [0.05, 0.1) is 10.8 Å². The molecule has 0 aliphatic rings. The van der Waals surface area contributed by atoms with E-state index in [1.165, 1.54) is 11.8 Å². The number of benzene rings is 1. The maximum atomic E-state index is 12.4. The van der Waals surface area contributed by atoms with Crippen molar-refractivity contribution >= 4 is 29.1 Å². The molecule has 0 bridgehead atoms. The molecule has 5 nitrogen and oxygen atoms in total. The van der Waals surface area contributed by atoms with Crippen LogP contribution >= 0.6 is 23.4 Å². The summed E-state index contributed by atoms with van der Waals surface area (Å²) in [5.74, 6) is 0.00552. The average Bonchev–Trinajstić information content (AvgIpc) is 2.86. The van der Waals surface area contributed by atoms with Crippen LogP contribution in [0.2, 0.25) is 5.02 Å². The van der Waals surface area contributed by atoms with Crippen molar-refractivity contribution in [2.75, 3.05) is 0 Å². The molecule has 21 heavy (non-hydrogen) atoms. The number of hydrogen-bond donors (Lipinski definition) is 0. The number of carbonyl (C=O) groups is 1. The topological polar surface area (TPSA) is 60.7 Å². The van der Waals surface area contributed by atoms with E-state index >= 15 is 0 Å². The van der Waals surface area contributed by atoms with Gasteiger partial charge in [-0.2, -0.15) is 0 Å². The Bertz CT molecular complexity index is 650. The van der Waals surface area contributed by atoms with E-state index in [2.05, 4.69) is 15.5 Å². The van der Waals surface area contributed by atoms with Gasteiger partial charge in [-0.1, -0.05) is 35.5 Å². The standard InChI is InChI=1S/C14H17ClN4OS/c1-9(12(20)10-6-5-7-11(15)8-10)21-13-16-17-18-19(13)14(2,3)4/h5-9H,1-4H3/t9-/m0/s1. The number of thioether (sulfide) groups is 1. The molecule has 1 heterocycles. The Morgan fingerprint density at radius 3 is 2.71 bits per heavy atom. The molecule has 2 rings (SSSR count). The Labute approximate surface area is 133 Å². The molecular weight excluding hydrogens is 308 g/mol. The van der Waals surface area contributed by atoms with Crippen molar-refractivity contribution in [1.29, 1.82) is 0 Å². The summed E-state index contributed by atoms with van der Waals surface area (Å²) in [5.41, 5.74) is 0.363. The van der Waals surface area contributed by atoms with Crippen LogP contribution in [0.25, 0.3) is 0 Å². The zero-order chi connectivity index (χ0) is 15.6. The second-order valence-electron chi connectivity index (χ2n) is 5.68. The van der Waals surface area contributed by atoms with Crippen LogP contribution in [0.5, 0.6) is 0 Å². The molecule has 0 amide bonds. The van der Waals surface area contributed by atoms with E-state index in [1.807, 2.05) is 27.7 Å². The molecule has 0 fully saturated rings. The van der Waals surface area contributed by atoms with Gasteiger partial charge in [-0.3, -0.25) is 4.79 Å². The summed E-state index contributed by atoms with van der Waals surface area (Å²) in [4.78, 5) is 12.4. The van der Waals surface area contributed by atoms with Crippen LogP contribution in [-0.4, -0.2) is 31.2 Å². The third kappa shape index (κ3) is 3.83. The Balaban J connectivity index is 2.17. The van der Waals surface area contributed by atoms with Crippen molar-refractivity contribution in [2.45, 2.75) is 43.6 Å². The van der Waals surface area contributed by atoms with E-state index in [0.29, 0.717) is 15.7 Å². The molecule has 0 saturated heterocycles. The maximum Gasteiger partial charge on any atom is 0.210 e. The predicted molar refractivity (Wildman–Crippen MR) is 83.9 cm³/mol. The number of nitrogens with zero attached hydrogens (tertiary/aromatic N) is 4. The minimum Gasteiger partial charge on any atom is -0.293 e. The molecule has 112 valence electrons. The lowest BCUT2D eigenvalue weighted by Crippen LogP contribution is -2.25. The zero-order valence-corrected chi connectivity index (χ0v) is 13.9. The second kappa shape index (κ2) is 6.15. The van der Waals surface area contributed by atoms with Crippen molar-refractivity contribution in [3.63, 3.8) is 0 Å². The Morgan fingerprint density at radius 2 is 2.10 bits per heavy atom. The fourth-order valence-electron chi connectivity index (χ4n) is 1.76. The molecule has 1 aromatic carbocycles. The molecular formula is C14H17ClN4OS. The van der Waals surface area contributed by atoms with Crippen LogP contribution in [0.1, 0.15) is 38.1 Å². The second-order valence-corrected chi connectivity index (χ2v) is 7.42. The summed E-state index contributed by atoms with van der Waals surface area (Å²) in [6.07, 6.45) is 0. The highest BCUT2D eigenvalue weighted by atomic mass is 35.5. The number of Topliss-reactive ketones (excluding diaryl/α,β-unsaturated/α-hetero) is 1. The monoisotopic (exact) mass is 324 g/mol. The highest BCUT2D eigenvalue weighted by molar-refractivity contribution is 8.00. The molecule has 1 atom stereocenters. The summed E-state index contributed by atoms with van der Waals surface area (Å²) < 4.78 is 1.72. The molecule has 0 aliphatic carbocycles. The number of hydrogen-bond acceptors (Lipinski definition) is 5. The first kappa shape index (κ1) is 16.0. The number of tetrazole rings is 1. The SMILES string of the molecule is C[C@H](Sc1nnnn1C(C)(C)C)C(=O)c1cccc(Cl)c1. The number of halogens is 1. The molecule has 0 aliphatic heterocycles. The van der Waals surface area contributed by atoms with Crippen LogP contribution in [0.15, 0.2) is 29.4 Å². The van der Waals surface area contributed by atoms with E-state index in [-0.39, 0.29) is 16.6 Å². The smallest absolute Gasteiger partial charge is 0.210 e. The Morgan fingerprint density at radius 1 is 1.38 bits per heavy atom. The van der Waals surface area contributed by atoms with Gasteiger partial charge >= 0.3 is 0 Å². The molecule has 2 aromatic rings. The highest BCUT2D eigenvalue weighted by Crippen LogP contribution is 2.27. The fraction of sp³-hybridized carbons (Fsp3) is 0.429. The first-order chi connectivity index (χ1) is 9.79. The first-order valence-corrected chi connectivity index (χ1v) is 7.80. The third-order valence-corrected chi connectivity index (χ3v) is 4.10. The molecule has 0 N–H and O–H groups in total. The van der Waals surface area contributed by atoms with Crippen LogP contribution in [0, 0.1) is 0 Å². The van der Waals surface area contributed by atoms with Gasteiger partial charge in [0.2, 0.25) is 5.16 Å². The number of rotatable bonds is 4. The van der Waals surface area contributed by atoms with Crippen molar-refractivity contribution in [3.8, 4) is 0 Å². The van der Waals surface area contributed by atoms with E-state index in [9.17, 15) is 4.79 Å². The minimum absolute atomic E-state index is 0.00552. The van der Waals surface area contributed by atoms with Gasteiger partial charge in [0, 0.05) is 10.6 Å². The lowest BCUT2D eigenvalue weighted by atomic mass is 10.1. The normalized spacial score (nSPS) is 13.2. The van der Waals surface area contributed by atoms with Crippen molar-refractivity contribution in [2.24, 2.45) is 0 Å². The number of aromatic nitrogens is 4. The van der Waals surface area contributed by atoms with E-state index in [0.717, 1.165) is 0 Å². The minimum atomic E-state index is -0.296. The Kier molecular flexibility index (Phi) is 4.68. The van der Waals surface area contributed by atoms with Crippen LogP contribution in [0.4, 0.5) is 0 Å². The predicted octanol–water partition coefficient (Wildman–Crippen LogP) is 3.45. The summed E-state index contributed by atoms with van der Waals surface area (Å²) in [6, 6.07) is 6.95. The third-order valence-electron chi connectivity index (χ3n) is 2.84. The van der Waals surface area contributed by atoms with Gasteiger partial charge in [-0.25, -0.2) is 4.68 Å². The van der Waals surface area contributed by atoms with E-state index < -0.39 is 0 Å². The van der Waals surface area contributed by atoms with Crippen molar-refractivity contribution < 1.29 is 4.79 Å².